The number of amides is 3. The van der Waals surface area contributed by atoms with Crippen molar-refractivity contribution in [1.29, 1.82) is 0 Å². The lowest BCUT2D eigenvalue weighted by molar-refractivity contribution is -0.137. The Bertz CT molecular complexity index is 1260. The minimum Gasteiger partial charge on any atom is -0.490 e. The molecule has 0 saturated heterocycles. The Balaban J connectivity index is 1.61. The standard InChI is InChI=1S/C36H51N3O6/c1-25-22-39(26(2)24-40)36(43)31-21-30(37-34(41)28-14-7-5-8-15-28)18-19-32(31)45-27(3)13-11-12-20-44-33(25)23-38(4)35(42)29-16-9-6-10-17-29/h5,7-8,14-15,18-19,21,25-27,29,33,40H,6,9-13,16-17,20,22-24H2,1-4H3,(H,37,41)/t25-,26-,27+,33+/m0/s1. The molecule has 1 aliphatic carbocycles. The van der Waals surface area contributed by atoms with E-state index in [9.17, 15) is 19.5 Å². The molecule has 1 saturated carbocycles. The summed E-state index contributed by atoms with van der Waals surface area (Å²) in [5.41, 5.74) is 1.30. The van der Waals surface area contributed by atoms with Crippen molar-refractivity contribution in [3.63, 3.8) is 0 Å². The molecule has 2 aromatic carbocycles. The van der Waals surface area contributed by atoms with Crippen LogP contribution in [-0.4, -0.2) is 84.2 Å². The molecule has 2 aromatic rings. The summed E-state index contributed by atoms with van der Waals surface area (Å²) in [5.74, 6) is -0.0262. The molecule has 0 radical (unpaired) electrons. The highest BCUT2D eigenvalue weighted by Gasteiger charge is 2.32. The maximum atomic E-state index is 14.3. The van der Waals surface area contributed by atoms with Crippen molar-refractivity contribution >= 4 is 23.4 Å². The maximum Gasteiger partial charge on any atom is 0.258 e. The second-order valence-electron chi connectivity index (χ2n) is 12.9. The third kappa shape index (κ3) is 9.53. The fourth-order valence-corrected chi connectivity index (χ4v) is 6.28. The average Bonchev–Trinajstić information content (AvgIpc) is 3.06. The molecule has 0 aromatic heterocycles. The summed E-state index contributed by atoms with van der Waals surface area (Å²) in [6.07, 6.45) is 7.35. The van der Waals surface area contributed by atoms with Crippen LogP contribution in [0.2, 0.25) is 0 Å². The van der Waals surface area contributed by atoms with Gasteiger partial charge in [-0.05, 0) is 76.3 Å². The first-order valence-corrected chi connectivity index (χ1v) is 16.6. The molecule has 0 spiro atoms. The number of carbonyl (C=O) groups excluding carboxylic acids is 3. The van der Waals surface area contributed by atoms with Gasteiger partial charge in [-0.1, -0.05) is 44.4 Å². The lowest BCUT2D eigenvalue weighted by Gasteiger charge is -2.36. The van der Waals surface area contributed by atoms with Crippen LogP contribution in [0.25, 0.3) is 0 Å². The molecule has 3 amide bonds. The van der Waals surface area contributed by atoms with Crippen LogP contribution in [0.4, 0.5) is 5.69 Å². The van der Waals surface area contributed by atoms with Gasteiger partial charge in [-0.2, -0.15) is 0 Å². The van der Waals surface area contributed by atoms with Crippen molar-refractivity contribution in [3.8, 4) is 5.75 Å². The molecule has 246 valence electrons. The molecule has 4 atom stereocenters. The molecular weight excluding hydrogens is 570 g/mol. The summed E-state index contributed by atoms with van der Waals surface area (Å²) in [7, 11) is 1.86. The highest BCUT2D eigenvalue weighted by atomic mass is 16.5. The Hall–Kier alpha value is -3.43. The normalized spacial score (nSPS) is 22.8. The molecule has 1 aliphatic heterocycles. The van der Waals surface area contributed by atoms with Crippen LogP contribution in [0.15, 0.2) is 48.5 Å². The number of anilines is 1. The second kappa shape index (κ2) is 16.8. The van der Waals surface area contributed by atoms with E-state index in [-0.39, 0.29) is 48.4 Å². The number of carbonyl (C=O) groups is 3. The van der Waals surface area contributed by atoms with E-state index in [0.717, 1.165) is 44.9 Å². The Morgan fingerprint density at radius 3 is 2.44 bits per heavy atom. The Kier molecular flexibility index (Phi) is 12.8. The zero-order valence-electron chi connectivity index (χ0n) is 27.4. The van der Waals surface area contributed by atoms with Crippen molar-refractivity contribution in [2.45, 2.75) is 90.4 Å². The zero-order chi connectivity index (χ0) is 32.3. The quantitative estimate of drug-likeness (QED) is 0.406. The van der Waals surface area contributed by atoms with E-state index in [1.54, 1.807) is 47.4 Å². The van der Waals surface area contributed by atoms with Crippen LogP contribution in [0, 0.1) is 11.8 Å². The second-order valence-corrected chi connectivity index (χ2v) is 12.9. The number of hydrogen-bond acceptors (Lipinski definition) is 6. The summed E-state index contributed by atoms with van der Waals surface area (Å²) in [6, 6.07) is 13.6. The Morgan fingerprint density at radius 2 is 1.73 bits per heavy atom. The molecule has 2 aliphatic rings. The van der Waals surface area contributed by atoms with Crippen molar-refractivity contribution in [2.24, 2.45) is 11.8 Å². The van der Waals surface area contributed by atoms with Gasteiger partial charge in [0.2, 0.25) is 5.91 Å². The minimum absolute atomic E-state index is 0.0691. The van der Waals surface area contributed by atoms with Gasteiger partial charge >= 0.3 is 0 Å². The average molecular weight is 622 g/mol. The number of nitrogens with zero attached hydrogens (tertiary/aromatic N) is 2. The number of ether oxygens (including phenoxy) is 2. The van der Waals surface area contributed by atoms with Gasteiger partial charge in [0, 0.05) is 49.8 Å². The molecule has 45 heavy (non-hydrogen) atoms. The highest BCUT2D eigenvalue weighted by Crippen LogP contribution is 2.29. The molecule has 1 fully saturated rings. The predicted molar refractivity (Wildman–Crippen MR) is 175 cm³/mol. The minimum atomic E-state index is -0.483. The highest BCUT2D eigenvalue weighted by molar-refractivity contribution is 6.05. The number of aliphatic hydroxyl groups is 1. The van der Waals surface area contributed by atoms with Gasteiger partial charge in [0.25, 0.3) is 11.8 Å². The van der Waals surface area contributed by atoms with E-state index in [1.807, 2.05) is 38.8 Å². The van der Waals surface area contributed by atoms with E-state index < -0.39 is 6.04 Å². The smallest absolute Gasteiger partial charge is 0.258 e. The van der Waals surface area contributed by atoms with Gasteiger partial charge in [0.1, 0.15) is 5.75 Å². The first-order valence-electron chi connectivity index (χ1n) is 16.6. The number of fused-ring (bicyclic) bond motifs is 1. The summed E-state index contributed by atoms with van der Waals surface area (Å²) in [6.45, 7) is 6.92. The summed E-state index contributed by atoms with van der Waals surface area (Å²) in [5, 5.41) is 13.1. The number of benzene rings is 2. The molecule has 4 rings (SSSR count). The van der Waals surface area contributed by atoms with Gasteiger partial charge in [-0.15, -0.1) is 0 Å². The lowest BCUT2D eigenvalue weighted by Crippen LogP contribution is -2.48. The first kappa shape index (κ1) is 34.4. The van der Waals surface area contributed by atoms with E-state index in [4.69, 9.17) is 9.47 Å². The Labute approximate surface area is 268 Å². The zero-order valence-corrected chi connectivity index (χ0v) is 27.4. The largest absolute Gasteiger partial charge is 0.490 e. The third-order valence-corrected chi connectivity index (χ3v) is 9.13. The van der Waals surface area contributed by atoms with E-state index >= 15 is 0 Å². The summed E-state index contributed by atoms with van der Waals surface area (Å²) in [4.78, 5) is 44.0. The predicted octanol–water partition coefficient (Wildman–Crippen LogP) is 5.77. The topological polar surface area (TPSA) is 108 Å². The fraction of sp³-hybridized carbons (Fsp3) is 0.583. The summed E-state index contributed by atoms with van der Waals surface area (Å²) < 4.78 is 12.7. The van der Waals surface area contributed by atoms with Crippen LogP contribution in [0.1, 0.15) is 92.9 Å². The molecule has 9 heteroatoms. The van der Waals surface area contributed by atoms with Crippen molar-refractivity contribution in [1.82, 2.24) is 9.80 Å². The lowest BCUT2D eigenvalue weighted by atomic mass is 9.88. The van der Waals surface area contributed by atoms with Crippen molar-refractivity contribution in [3.05, 3.63) is 59.7 Å². The van der Waals surface area contributed by atoms with Crippen LogP contribution >= 0.6 is 0 Å². The van der Waals surface area contributed by atoms with Gasteiger partial charge < -0.3 is 29.7 Å². The summed E-state index contributed by atoms with van der Waals surface area (Å²) >= 11 is 0. The molecule has 9 nitrogen and oxygen atoms in total. The number of likely N-dealkylation sites (N-methyl/N-ethyl adjacent to an activating group) is 1. The first-order chi connectivity index (χ1) is 21.7. The molecule has 0 unspecified atom stereocenters. The Morgan fingerprint density at radius 1 is 1.02 bits per heavy atom. The monoisotopic (exact) mass is 621 g/mol. The number of hydrogen-bond donors (Lipinski definition) is 2. The van der Waals surface area contributed by atoms with Crippen molar-refractivity contribution < 1.29 is 29.0 Å². The molecule has 0 bridgehead atoms. The maximum absolute atomic E-state index is 14.3. The number of aliphatic hydroxyl groups excluding tert-OH is 1. The van der Waals surface area contributed by atoms with Crippen LogP contribution in [0.5, 0.6) is 5.75 Å². The van der Waals surface area contributed by atoms with Gasteiger partial charge in [0.15, 0.2) is 0 Å². The van der Waals surface area contributed by atoms with Crippen LogP contribution in [-0.2, 0) is 9.53 Å². The molecule has 1 heterocycles. The van der Waals surface area contributed by atoms with Crippen LogP contribution in [0.3, 0.4) is 0 Å². The van der Waals surface area contributed by atoms with E-state index in [0.29, 0.717) is 42.3 Å². The number of nitrogens with one attached hydrogen (secondary N) is 1. The molecule has 2 N–H and O–H groups in total. The number of rotatable bonds is 7. The third-order valence-electron chi connectivity index (χ3n) is 9.13. The van der Waals surface area contributed by atoms with Gasteiger partial charge in [0.05, 0.1) is 30.4 Å². The van der Waals surface area contributed by atoms with E-state index in [2.05, 4.69) is 5.32 Å². The van der Waals surface area contributed by atoms with Gasteiger partial charge in [-0.3, -0.25) is 14.4 Å². The molecular formula is C36H51N3O6. The fourth-order valence-electron chi connectivity index (χ4n) is 6.28. The SMILES string of the molecule is C[C@@H]1CCCCO[C@H](CN(C)C(=O)C2CCCCC2)[C@@H](C)CN([C@@H](C)CO)C(=O)c2cc(NC(=O)c3ccccc3)ccc2O1. The van der Waals surface area contributed by atoms with Crippen molar-refractivity contribution in [2.75, 3.05) is 38.7 Å². The van der Waals surface area contributed by atoms with Crippen LogP contribution < -0.4 is 10.1 Å². The van der Waals surface area contributed by atoms with E-state index in [1.165, 1.54) is 6.42 Å². The van der Waals surface area contributed by atoms with Gasteiger partial charge in [-0.25, -0.2) is 0 Å².